The van der Waals surface area contributed by atoms with Crippen molar-refractivity contribution in [3.63, 3.8) is 0 Å². The number of hydrogen-bond donors (Lipinski definition) is 4. The Hall–Kier alpha value is -2.83. The molecule has 0 aliphatic rings. The van der Waals surface area contributed by atoms with Crippen LogP contribution in [-0.2, 0) is 0 Å². The molecule has 0 fully saturated rings. The molecule has 1 heterocycles. The maximum atomic E-state index is 11.6. The summed E-state index contributed by atoms with van der Waals surface area (Å²) in [5.41, 5.74) is 3.64. The molecule has 1 amide bonds. The number of aromatic nitrogens is 2. The van der Waals surface area contributed by atoms with Crippen LogP contribution in [0.2, 0.25) is 0 Å². The lowest BCUT2D eigenvalue weighted by Gasteiger charge is -1.99. The first-order valence-electron chi connectivity index (χ1n) is 5.43. The third-order valence-electron chi connectivity index (χ3n) is 2.32. The maximum absolute atomic E-state index is 11.6. The summed E-state index contributed by atoms with van der Waals surface area (Å²) < 4.78 is 0. The van der Waals surface area contributed by atoms with Crippen LogP contribution in [0.5, 0.6) is 11.5 Å². The summed E-state index contributed by atoms with van der Waals surface area (Å²) >= 11 is 0. The van der Waals surface area contributed by atoms with Gasteiger partial charge < -0.3 is 10.2 Å². The zero-order valence-corrected chi connectivity index (χ0v) is 10.1. The molecule has 0 bridgehead atoms. The number of amides is 1. The van der Waals surface area contributed by atoms with Crippen LogP contribution in [0.3, 0.4) is 0 Å². The van der Waals surface area contributed by atoms with Gasteiger partial charge in [0.1, 0.15) is 11.5 Å². The van der Waals surface area contributed by atoms with Crippen molar-refractivity contribution >= 4 is 12.1 Å². The molecule has 0 radical (unpaired) electrons. The number of aromatic amines is 1. The van der Waals surface area contributed by atoms with Crippen molar-refractivity contribution in [3.8, 4) is 11.5 Å². The predicted octanol–water partition coefficient (Wildman–Crippen LogP) is 0.893. The first-order chi connectivity index (χ1) is 9.06. The quantitative estimate of drug-likeness (QED) is 0.485. The summed E-state index contributed by atoms with van der Waals surface area (Å²) in [6, 6.07) is 5.64. The van der Waals surface area contributed by atoms with E-state index in [4.69, 9.17) is 5.11 Å². The second-order valence-electron chi connectivity index (χ2n) is 3.88. The van der Waals surface area contributed by atoms with Crippen molar-refractivity contribution in [2.75, 3.05) is 0 Å². The van der Waals surface area contributed by atoms with Crippen molar-refractivity contribution in [3.05, 3.63) is 41.2 Å². The molecule has 2 rings (SSSR count). The summed E-state index contributed by atoms with van der Waals surface area (Å²) in [6.45, 7) is 1.78. The monoisotopic (exact) mass is 260 g/mol. The number of carbonyl (C=O) groups is 1. The van der Waals surface area contributed by atoms with Crippen molar-refractivity contribution in [1.29, 1.82) is 0 Å². The van der Waals surface area contributed by atoms with E-state index in [0.29, 0.717) is 5.56 Å². The molecule has 7 nitrogen and oxygen atoms in total. The molecular formula is C12H12N4O3. The van der Waals surface area contributed by atoms with Crippen LogP contribution < -0.4 is 5.43 Å². The van der Waals surface area contributed by atoms with Gasteiger partial charge in [-0.2, -0.15) is 10.2 Å². The predicted molar refractivity (Wildman–Crippen MR) is 68.2 cm³/mol. The Morgan fingerprint density at radius 3 is 2.84 bits per heavy atom. The van der Waals surface area contributed by atoms with Crippen molar-refractivity contribution < 1.29 is 15.0 Å². The summed E-state index contributed by atoms with van der Waals surface area (Å²) in [5, 5.41) is 28.7. The largest absolute Gasteiger partial charge is 0.508 e. The topological polar surface area (TPSA) is 111 Å². The van der Waals surface area contributed by atoms with E-state index >= 15 is 0 Å². The zero-order valence-electron chi connectivity index (χ0n) is 10.1. The number of aromatic hydroxyl groups is 2. The van der Waals surface area contributed by atoms with E-state index in [1.807, 2.05) is 0 Å². The SMILES string of the molecule is Cc1cc(C(=O)NN=Cc2ccc(O)cc2O)n[nH]1. The van der Waals surface area contributed by atoms with Gasteiger partial charge in [-0.15, -0.1) is 0 Å². The molecule has 0 aliphatic carbocycles. The standard InChI is InChI=1S/C12H12N4O3/c1-7-4-10(15-14-7)12(19)16-13-6-8-2-3-9(17)5-11(8)18/h2-6,17-18H,1H3,(H,14,15)(H,16,19). The molecule has 98 valence electrons. The lowest BCUT2D eigenvalue weighted by atomic mass is 10.2. The molecule has 2 aromatic rings. The van der Waals surface area contributed by atoms with Crippen LogP contribution >= 0.6 is 0 Å². The van der Waals surface area contributed by atoms with E-state index in [2.05, 4.69) is 20.7 Å². The average Bonchev–Trinajstić information content (AvgIpc) is 2.78. The number of rotatable bonds is 3. The number of aryl methyl sites for hydroxylation is 1. The fourth-order valence-electron chi connectivity index (χ4n) is 1.39. The third-order valence-corrected chi connectivity index (χ3v) is 2.32. The van der Waals surface area contributed by atoms with Gasteiger partial charge in [0, 0.05) is 17.3 Å². The van der Waals surface area contributed by atoms with Gasteiger partial charge in [-0.25, -0.2) is 5.43 Å². The molecular weight excluding hydrogens is 248 g/mol. The van der Waals surface area contributed by atoms with Crippen LogP contribution in [0, 0.1) is 6.92 Å². The molecule has 0 spiro atoms. The number of nitrogens with zero attached hydrogens (tertiary/aromatic N) is 2. The van der Waals surface area contributed by atoms with Gasteiger partial charge in [0.2, 0.25) is 0 Å². The molecule has 1 aromatic heterocycles. The highest BCUT2D eigenvalue weighted by Gasteiger charge is 2.07. The minimum Gasteiger partial charge on any atom is -0.508 e. The minimum absolute atomic E-state index is 0.0503. The number of hydrogen-bond acceptors (Lipinski definition) is 5. The molecule has 0 aliphatic heterocycles. The molecule has 0 saturated carbocycles. The highest BCUT2D eigenvalue weighted by Crippen LogP contribution is 2.20. The number of phenolic OH excluding ortho intramolecular Hbond substituents is 2. The van der Waals surface area contributed by atoms with Gasteiger partial charge in [0.25, 0.3) is 5.91 Å². The normalized spacial score (nSPS) is 10.8. The Morgan fingerprint density at radius 2 is 2.21 bits per heavy atom. The van der Waals surface area contributed by atoms with Crippen LogP contribution in [0.4, 0.5) is 0 Å². The van der Waals surface area contributed by atoms with E-state index in [1.165, 1.54) is 24.4 Å². The summed E-state index contributed by atoms with van der Waals surface area (Å²) in [6.07, 6.45) is 1.27. The molecule has 0 unspecified atom stereocenters. The summed E-state index contributed by atoms with van der Waals surface area (Å²) in [5.74, 6) is -0.641. The number of carbonyl (C=O) groups excluding carboxylic acids is 1. The van der Waals surface area contributed by atoms with Gasteiger partial charge in [0.05, 0.1) is 6.21 Å². The van der Waals surface area contributed by atoms with E-state index in [1.54, 1.807) is 13.0 Å². The van der Waals surface area contributed by atoms with E-state index < -0.39 is 5.91 Å². The molecule has 7 heteroatoms. The van der Waals surface area contributed by atoms with Gasteiger partial charge >= 0.3 is 0 Å². The first kappa shape index (κ1) is 12.6. The molecule has 0 atom stereocenters. The fourth-order valence-corrected chi connectivity index (χ4v) is 1.39. The third kappa shape index (κ3) is 3.09. The minimum atomic E-state index is -0.459. The highest BCUT2D eigenvalue weighted by atomic mass is 16.3. The smallest absolute Gasteiger partial charge is 0.291 e. The van der Waals surface area contributed by atoms with Crippen molar-refractivity contribution in [1.82, 2.24) is 15.6 Å². The second kappa shape index (κ2) is 5.21. The zero-order chi connectivity index (χ0) is 13.8. The van der Waals surface area contributed by atoms with Gasteiger partial charge in [0.15, 0.2) is 5.69 Å². The molecule has 4 N–H and O–H groups in total. The lowest BCUT2D eigenvalue weighted by Crippen LogP contribution is -2.18. The van der Waals surface area contributed by atoms with Gasteiger partial charge in [-0.1, -0.05) is 0 Å². The van der Waals surface area contributed by atoms with E-state index in [9.17, 15) is 9.90 Å². The van der Waals surface area contributed by atoms with Gasteiger partial charge in [-0.3, -0.25) is 9.89 Å². The van der Waals surface area contributed by atoms with Crippen LogP contribution in [0.15, 0.2) is 29.4 Å². The number of hydrazone groups is 1. The Kier molecular flexibility index (Phi) is 3.46. The van der Waals surface area contributed by atoms with Crippen LogP contribution in [0.1, 0.15) is 21.7 Å². The van der Waals surface area contributed by atoms with Crippen molar-refractivity contribution in [2.45, 2.75) is 6.92 Å². The summed E-state index contributed by atoms with van der Waals surface area (Å²) in [7, 11) is 0. The fraction of sp³-hybridized carbons (Fsp3) is 0.0833. The van der Waals surface area contributed by atoms with Crippen LogP contribution in [-0.4, -0.2) is 32.5 Å². The first-order valence-corrected chi connectivity index (χ1v) is 5.43. The average molecular weight is 260 g/mol. The van der Waals surface area contributed by atoms with E-state index in [-0.39, 0.29) is 17.2 Å². The Labute approximate surface area is 108 Å². The Morgan fingerprint density at radius 1 is 1.42 bits per heavy atom. The number of H-pyrrole nitrogens is 1. The Bertz CT molecular complexity index is 634. The maximum Gasteiger partial charge on any atom is 0.291 e. The molecule has 0 saturated heterocycles. The number of nitrogens with one attached hydrogen (secondary N) is 2. The summed E-state index contributed by atoms with van der Waals surface area (Å²) in [4.78, 5) is 11.6. The number of phenols is 2. The molecule has 19 heavy (non-hydrogen) atoms. The van der Waals surface area contributed by atoms with Crippen molar-refractivity contribution in [2.24, 2.45) is 5.10 Å². The highest BCUT2D eigenvalue weighted by molar-refractivity contribution is 5.93. The van der Waals surface area contributed by atoms with Crippen LogP contribution in [0.25, 0.3) is 0 Å². The molecule has 1 aromatic carbocycles. The Balaban J connectivity index is 2.02. The number of benzene rings is 1. The van der Waals surface area contributed by atoms with Gasteiger partial charge in [-0.05, 0) is 25.1 Å². The second-order valence-corrected chi connectivity index (χ2v) is 3.88. The van der Waals surface area contributed by atoms with E-state index in [0.717, 1.165) is 5.69 Å². The lowest BCUT2D eigenvalue weighted by molar-refractivity contribution is 0.0950.